The van der Waals surface area contributed by atoms with E-state index in [2.05, 4.69) is 0 Å². The molecule has 4 heteroatoms. The first-order valence-corrected chi connectivity index (χ1v) is 5.75. The lowest BCUT2D eigenvalue weighted by molar-refractivity contribution is -0.137. The molecule has 0 aromatic carbocycles. The zero-order chi connectivity index (χ0) is 9.68. The second-order valence-electron chi connectivity index (χ2n) is 3.48. The van der Waals surface area contributed by atoms with Gasteiger partial charge in [0, 0.05) is 17.4 Å². The SMILES string of the molecule is O=C(O)CCCCC1C[C@@H](O)CS1. The molecule has 0 amide bonds. The maximum absolute atomic E-state index is 10.2. The summed E-state index contributed by atoms with van der Waals surface area (Å²) in [5.41, 5.74) is 0. The van der Waals surface area contributed by atoms with E-state index in [1.54, 1.807) is 0 Å². The van der Waals surface area contributed by atoms with E-state index < -0.39 is 5.97 Å². The Kier molecular flexibility index (Phi) is 4.59. The topological polar surface area (TPSA) is 57.5 Å². The summed E-state index contributed by atoms with van der Waals surface area (Å²) in [6, 6.07) is 0. The molecule has 1 heterocycles. The molecule has 1 fully saturated rings. The fourth-order valence-electron chi connectivity index (χ4n) is 1.54. The first-order chi connectivity index (χ1) is 6.18. The van der Waals surface area contributed by atoms with Crippen LogP contribution in [0.5, 0.6) is 0 Å². The van der Waals surface area contributed by atoms with Crippen LogP contribution in [0.3, 0.4) is 0 Å². The predicted molar refractivity (Wildman–Crippen MR) is 53.0 cm³/mol. The molecule has 0 spiro atoms. The van der Waals surface area contributed by atoms with Crippen molar-refractivity contribution in [2.45, 2.75) is 43.5 Å². The van der Waals surface area contributed by atoms with E-state index in [0.29, 0.717) is 5.25 Å². The lowest BCUT2D eigenvalue weighted by Crippen LogP contribution is -2.05. The number of hydrogen-bond donors (Lipinski definition) is 2. The molecule has 0 saturated carbocycles. The van der Waals surface area contributed by atoms with Crippen molar-refractivity contribution in [3.05, 3.63) is 0 Å². The Morgan fingerprint density at radius 2 is 2.23 bits per heavy atom. The molecule has 0 bridgehead atoms. The molecule has 76 valence electrons. The van der Waals surface area contributed by atoms with Crippen molar-refractivity contribution in [2.24, 2.45) is 0 Å². The number of carboxylic acids is 1. The first-order valence-electron chi connectivity index (χ1n) is 4.70. The van der Waals surface area contributed by atoms with Crippen LogP contribution in [0.4, 0.5) is 0 Å². The van der Waals surface area contributed by atoms with Gasteiger partial charge in [-0.2, -0.15) is 11.8 Å². The number of aliphatic carboxylic acids is 1. The van der Waals surface area contributed by atoms with Gasteiger partial charge in [0.15, 0.2) is 0 Å². The third-order valence-electron chi connectivity index (χ3n) is 2.23. The normalized spacial score (nSPS) is 27.8. The summed E-state index contributed by atoms with van der Waals surface area (Å²) in [6.07, 6.45) is 3.82. The third kappa shape index (κ3) is 4.52. The van der Waals surface area contributed by atoms with Gasteiger partial charge in [0.25, 0.3) is 0 Å². The molecule has 0 aromatic heterocycles. The lowest BCUT2D eigenvalue weighted by atomic mass is 10.1. The zero-order valence-corrected chi connectivity index (χ0v) is 8.42. The predicted octanol–water partition coefficient (Wildman–Crippen LogP) is 1.50. The molecule has 2 atom stereocenters. The van der Waals surface area contributed by atoms with Crippen molar-refractivity contribution >= 4 is 17.7 Å². The van der Waals surface area contributed by atoms with Crippen molar-refractivity contribution in [3.8, 4) is 0 Å². The van der Waals surface area contributed by atoms with E-state index in [9.17, 15) is 9.90 Å². The highest BCUT2D eigenvalue weighted by molar-refractivity contribution is 8.00. The molecule has 1 saturated heterocycles. The summed E-state index contributed by atoms with van der Waals surface area (Å²) in [6.45, 7) is 0. The van der Waals surface area contributed by atoms with Crippen molar-refractivity contribution < 1.29 is 15.0 Å². The molecular formula is C9H16O3S. The smallest absolute Gasteiger partial charge is 0.303 e. The Morgan fingerprint density at radius 3 is 2.77 bits per heavy atom. The van der Waals surface area contributed by atoms with Crippen LogP contribution < -0.4 is 0 Å². The van der Waals surface area contributed by atoms with E-state index in [0.717, 1.165) is 31.4 Å². The first kappa shape index (κ1) is 10.9. The number of rotatable bonds is 5. The summed E-state index contributed by atoms with van der Waals surface area (Å²) in [5.74, 6) is 0.142. The highest BCUT2D eigenvalue weighted by atomic mass is 32.2. The standard InChI is InChI=1S/C9H16O3S/c10-7-5-8(13-6-7)3-1-2-4-9(11)12/h7-8,10H,1-6H2,(H,11,12)/t7-,8?/m1/s1. The number of aliphatic hydroxyl groups excluding tert-OH is 1. The second kappa shape index (κ2) is 5.50. The third-order valence-corrected chi connectivity index (χ3v) is 3.70. The average Bonchev–Trinajstić information content (AvgIpc) is 2.45. The van der Waals surface area contributed by atoms with Crippen molar-refractivity contribution in [1.82, 2.24) is 0 Å². The maximum Gasteiger partial charge on any atom is 0.303 e. The van der Waals surface area contributed by atoms with Crippen molar-refractivity contribution in [2.75, 3.05) is 5.75 Å². The number of thioether (sulfide) groups is 1. The van der Waals surface area contributed by atoms with Crippen LogP contribution in [0.2, 0.25) is 0 Å². The minimum absolute atomic E-state index is 0.130. The highest BCUT2D eigenvalue weighted by Crippen LogP contribution is 2.30. The molecule has 1 aliphatic heterocycles. The van der Waals surface area contributed by atoms with E-state index in [4.69, 9.17) is 5.11 Å². The largest absolute Gasteiger partial charge is 0.481 e. The van der Waals surface area contributed by atoms with Crippen LogP contribution in [0, 0.1) is 0 Å². The number of hydrogen-bond acceptors (Lipinski definition) is 3. The summed E-state index contributed by atoms with van der Waals surface area (Å²) in [5, 5.41) is 18.2. The van der Waals surface area contributed by atoms with Gasteiger partial charge in [0.1, 0.15) is 0 Å². The van der Waals surface area contributed by atoms with Gasteiger partial charge < -0.3 is 10.2 Å². The zero-order valence-electron chi connectivity index (χ0n) is 7.61. The minimum atomic E-state index is -0.709. The van der Waals surface area contributed by atoms with E-state index in [1.165, 1.54) is 0 Å². The van der Waals surface area contributed by atoms with Crippen LogP contribution in [0.25, 0.3) is 0 Å². The van der Waals surface area contributed by atoms with Gasteiger partial charge >= 0.3 is 5.97 Å². The Bertz CT molecular complexity index is 172. The molecular weight excluding hydrogens is 188 g/mol. The summed E-state index contributed by atoms with van der Waals surface area (Å²) < 4.78 is 0. The minimum Gasteiger partial charge on any atom is -0.481 e. The molecule has 1 aliphatic rings. The van der Waals surface area contributed by atoms with Crippen LogP contribution in [0.15, 0.2) is 0 Å². The van der Waals surface area contributed by atoms with Gasteiger partial charge in [0.2, 0.25) is 0 Å². The summed E-state index contributed by atoms with van der Waals surface area (Å²) in [4.78, 5) is 10.2. The molecule has 13 heavy (non-hydrogen) atoms. The average molecular weight is 204 g/mol. The number of aliphatic hydroxyl groups is 1. The van der Waals surface area contributed by atoms with Crippen molar-refractivity contribution in [3.63, 3.8) is 0 Å². The molecule has 3 nitrogen and oxygen atoms in total. The Hall–Kier alpha value is -0.220. The number of carboxylic acid groups (broad SMARTS) is 1. The Morgan fingerprint density at radius 1 is 1.46 bits per heavy atom. The molecule has 0 radical (unpaired) electrons. The van der Waals surface area contributed by atoms with Gasteiger partial charge in [-0.1, -0.05) is 6.42 Å². The van der Waals surface area contributed by atoms with E-state index in [1.807, 2.05) is 11.8 Å². The van der Waals surface area contributed by atoms with E-state index >= 15 is 0 Å². The quantitative estimate of drug-likeness (QED) is 0.666. The monoisotopic (exact) mass is 204 g/mol. The molecule has 0 aliphatic carbocycles. The number of unbranched alkanes of at least 4 members (excludes halogenated alkanes) is 1. The van der Waals surface area contributed by atoms with Gasteiger partial charge in [-0.05, 0) is 19.3 Å². The van der Waals surface area contributed by atoms with Crippen LogP contribution in [0.1, 0.15) is 32.1 Å². The number of carbonyl (C=O) groups is 1. The van der Waals surface area contributed by atoms with E-state index in [-0.39, 0.29) is 12.5 Å². The van der Waals surface area contributed by atoms with Crippen LogP contribution in [-0.4, -0.2) is 33.3 Å². The summed E-state index contributed by atoms with van der Waals surface area (Å²) >= 11 is 1.81. The van der Waals surface area contributed by atoms with Gasteiger partial charge in [0.05, 0.1) is 6.10 Å². The second-order valence-corrected chi connectivity index (χ2v) is 4.82. The Balaban J connectivity index is 1.97. The van der Waals surface area contributed by atoms with Gasteiger partial charge in [-0.25, -0.2) is 0 Å². The fourth-order valence-corrected chi connectivity index (χ4v) is 2.86. The lowest BCUT2D eigenvalue weighted by Gasteiger charge is -2.06. The molecule has 2 N–H and O–H groups in total. The van der Waals surface area contributed by atoms with Gasteiger partial charge in [-0.3, -0.25) is 4.79 Å². The van der Waals surface area contributed by atoms with Gasteiger partial charge in [-0.15, -0.1) is 0 Å². The van der Waals surface area contributed by atoms with Crippen LogP contribution in [-0.2, 0) is 4.79 Å². The summed E-state index contributed by atoms with van der Waals surface area (Å²) in [7, 11) is 0. The molecule has 0 aromatic rings. The van der Waals surface area contributed by atoms with Crippen LogP contribution >= 0.6 is 11.8 Å². The fraction of sp³-hybridized carbons (Fsp3) is 0.889. The molecule has 1 rings (SSSR count). The maximum atomic E-state index is 10.2. The highest BCUT2D eigenvalue weighted by Gasteiger charge is 2.22. The Labute approximate surface area is 82.5 Å². The molecule has 1 unspecified atom stereocenters. The van der Waals surface area contributed by atoms with Crippen molar-refractivity contribution in [1.29, 1.82) is 0 Å².